The number of likely N-dealkylation sites (tertiary alicyclic amines) is 1. The van der Waals surface area contributed by atoms with Gasteiger partial charge in [0.1, 0.15) is 0 Å². The quantitative estimate of drug-likeness (QED) is 0.650. The molecule has 1 heterocycles. The van der Waals surface area contributed by atoms with Crippen LogP contribution in [0.15, 0.2) is 0 Å². The van der Waals surface area contributed by atoms with Crippen LogP contribution in [0.3, 0.4) is 0 Å². The largest absolute Gasteiger partial charge is 0.463 e. The summed E-state index contributed by atoms with van der Waals surface area (Å²) in [5, 5.41) is 0. The van der Waals surface area contributed by atoms with E-state index in [1.54, 1.807) is 13.8 Å². The van der Waals surface area contributed by atoms with Crippen molar-refractivity contribution in [3.8, 4) is 0 Å². The summed E-state index contributed by atoms with van der Waals surface area (Å²) >= 11 is 0. The van der Waals surface area contributed by atoms with Gasteiger partial charge >= 0.3 is 18.0 Å². The molecule has 1 saturated heterocycles. The highest BCUT2D eigenvalue weighted by atomic mass is 19.4. The first-order chi connectivity index (χ1) is 6.97. The maximum atomic E-state index is 12.7. The molecule has 1 aliphatic heterocycles. The van der Waals surface area contributed by atoms with Crippen LogP contribution >= 0.6 is 0 Å². The zero-order chi connectivity index (χ0) is 12.8. The maximum Gasteiger partial charge on any atom is 0.463 e. The minimum atomic E-state index is -5.82. The van der Waals surface area contributed by atoms with Crippen LogP contribution in [0.1, 0.15) is 20.3 Å². The lowest BCUT2D eigenvalue weighted by Gasteiger charge is -2.25. The van der Waals surface area contributed by atoms with Gasteiger partial charge in [-0.2, -0.15) is 22.0 Å². The number of nitrogens with zero attached hydrogens (tertiary/aromatic N) is 1. The standard InChI is InChI=1S/C9H12F5NO/c1-7(2)3-4-15(5-7)6(16)8(10,11)9(12,13)14/h3-5H2,1-2H3. The molecule has 0 aromatic carbocycles. The lowest BCUT2D eigenvalue weighted by atomic mass is 9.93. The van der Waals surface area contributed by atoms with E-state index >= 15 is 0 Å². The molecule has 1 rings (SSSR count). The first-order valence-corrected chi connectivity index (χ1v) is 4.71. The van der Waals surface area contributed by atoms with Gasteiger partial charge in [0.05, 0.1) is 0 Å². The Kier molecular flexibility index (Phi) is 2.94. The smallest absolute Gasteiger partial charge is 0.337 e. The fourth-order valence-electron chi connectivity index (χ4n) is 1.61. The van der Waals surface area contributed by atoms with Crippen molar-refractivity contribution >= 4 is 5.91 Å². The van der Waals surface area contributed by atoms with Gasteiger partial charge in [0.2, 0.25) is 0 Å². The maximum absolute atomic E-state index is 12.7. The van der Waals surface area contributed by atoms with E-state index in [9.17, 15) is 26.7 Å². The molecule has 0 spiro atoms. The first kappa shape index (κ1) is 13.2. The molecule has 0 N–H and O–H groups in total. The number of carbonyl (C=O) groups excluding carboxylic acids is 1. The molecule has 0 radical (unpaired) electrons. The van der Waals surface area contributed by atoms with Crippen molar-refractivity contribution in [2.24, 2.45) is 5.41 Å². The van der Waals surface area contributed by atoms with E-state index < -0.39 is 23.4 Å². The monoisotopic (exact) mass is 245 g/mol. The van der Waals surface area contributed by atoms with Crippen LogP contribution in [0, 0.1) is 5.41 Å². The number of rotatable bonds is 1. The SMILES string of the molecule is CC1(C)CCN(C(=O)C(F)(F)C(F)(F)F)C1. The summed E-state index contributed by atoms with van der Waals surface area (Å²) in [5.74, 6) is -7.43. The third-order valence-corrected chi connectivity index (χ3v) is 2.59. The molecule has 94 valence electrons. The van der Waals surface area contributed by atoms with Crippen molar-refractivity contribution in [1.29, 1.82) is 0 Å². The number of amides is 1. The Labute approximate surface area is 89.4 Å². The second-order valence-electron chi connectivity index (χ2n) is 4.71. The zero-order valence-electron chi connectivity index (χ0n) is 8.87. The Morgan fingerprint density at radius 1 is 1.19 bits per heavy atom. The molecule has 1 aliphatic rings. The Bertz CT molecular complexity index is 297. The zero-order valence-corrected chi connectivity index (χ0v) is 8.87. The van der Waals surface area contributed by atoms with Crippen LogP contribution in [0.2, 0.25) is 0 Å². The van der Waals surface area contributed by atoms with Gasteiger partial charge in [0, 0.05) is 13.1 Å². The van der Waals surface area contributed by atoms with E-state index in [-0.39, 0.29) is 13.1 Å². The highest BCUT2D eigenvalue weighted by Gasteiger charge is 2.65. The van der Waals surface area contributed by atoms with Crippen molar-refractivity contribution in [3.05, 3.63) is 0 Å². The molecule has 2 nitrogen and oxygen atoms in total. The van der Waals surface area contributed by atoms with E-state index in [1.807, 2.05) is 0 Å². The van der Waals surface area contributed by atoms with E-state index in [2.05, 4.69) is 0 Å². The van der Waals surface area contributed by atoms with Crippen molar-refractivity contribution < 1.29 is 26.7 Å². The normalized spacial score (nSPS) is 21.3. The number of alkyl halides is 5. The van der Waals surface area contributed by atoms with Crippen molar-refractivity contribution in [2.45, 2.75) is 32.4 Å². The minimum Gasteiger partial charge on any atom is -0.337 e. The highest BCUT2D eigenvalue weighted by molar-refractivity contribution is 5.84. The number of carbonyl (C=O) groups is 1. The van der Waals surface area contributed by atoms with Crippen molar-refractivity contribution in [3.63, 3.8) is 0 Å². The first-order valence-electron chi connectivity index (χ1n) is 4.71. The molecule has 7 heteroatoms. The highest BCUT2D eigenvalue weighted by Crippen LogP contribution is 2.39. The van der Waals surface area contributed by atoms with E-state index in [1.165, 1.54) is 0 Å². The van der Waals surface area contributed by atoms with Crippen molar-refractivity contribution in [2.75, 3.05) is 13.1 Å². The van der Waals surface area contributed by atoms with E-state index in [0.29, 0.717) is 11.3 Å². The van der Waals surface area contributed by atoms with Gasteiger partial charge < -0.3 is 4.90 Å². The lowest BCUT2D eigenvalue weighted by molar-refractivity contribution is -0.274. The second kappa shape index (κ2) is 3.56. The van der Waals surface area contributed by atoms with Gasteiger partial charge in [-0.15, -0.1) is 0 Å². The molecule has 0 aromatic heterocycles. The van der Waals surface area contributed by atoms with Crippen LogP contribution in [0.5, 0.6) is 0 Å². The summed E-state index contributed by atoms with van der Waals surface area (Å²) in [6.45, 7) is 3.30. The van der Waals surface area contributed by atoms with Crippen LogP contribution in [0.4, 0.5) is 22.0 Å². The topological polar surface area (TPSA) is 20.3 Å². The third-order valence-electron chi connectivity index (χ3n) is 2.59. The Morgan fingerprint density at radius 2 is 1.69 bits per heavy atom. The predicted octanol–water partition coefficient (Wildman–Crippen LogP) is 2.44. The van der Waals surface area contributed by atoms with Gasteiger partial charge in [-0.05, 0) is 11.8 Å². The molecule has 0 saturated carbocycles. The summed E-state index contributed by atoms with van der Waals surface area (Å²) in [7, 11) is 0. The summed E-state index contributed by atoms with van der Waals surface area (Å²) in [6, 6.07) is 0. The molecule has 0 bridgehead atoms. The number of hydrogen-bond acceptors (Lipinski definition) is 1. The summed E-state index contributed by atoms with van der Waals surface area (Å²) < 4.78 is 61.2. The fourth-order valence-corrected chi connectivity index (χ4v) is 1.61. The summed E-state index contributed by atoms with van der Waals surface area (Å²) in [5.41, 5.74) is -0.405. The molecule has 1 fully saturated rings. The number of halogens is 5. The number of hydrogen-bond donors (Lipinski definition) is 0. The van der Waals surface area contributed by atoms with E-state index in [4.69, 9.17) is 0 Å². The average Bonchev–Trinajstić information content (AvgIpc) is 2.42. The molecule has 1 amide bonds. The second-order valence-corrected chi connectivity index (χ2v) is 4.71. The van der Waals surface area contributed by atoms with Crippen LogP contribution in [-0.2, 0) is 4.79 Å². The molecule has 0 atom stereocenters. The molecular formula is C9H12F5NO. The third kappa shape index (κ3) is 2.27. The average molecular weight is 245 g/mol. The summed E-state index contributed by atoms with van der Waals surface area (Å²) in [6.07, 6.45) is -5.40. The van der Waals surface area contributed by atoms with E-state index in [0.717, 1.165) is 0 Å². The molecule has 16 heavy (non-hydrogen) atoms. The minimum absolute atomic E-state index is 0.0580. The van der Waals surface area contributed by atoms with Gasteiger partial charge in [0.15, 0.2) is 0 Å². The Hall–Kier alpha value is -0.880. The molecule has 0 aromatic rings. The van der Waals surface area contributed by atoms with Crippen molar-refractivity contribution in [1.82, 2.24) is 4.90 Å². The van der Waals surface area contributed by atoms with Gasteiger partial charge in [-0.1, -0.05) is 13.8 Å². The van der Waals surface area contributed by atoms with Gasteiger partial charge in [-0.3, -0.25) is 4.79 Å². The van der Waals surface area contributed by atoms with Crippen LogP contribution in [0.25, 0.3) is 0 Å². The van der Waals surface area contributed by atoms with Gasteiger partial charge in [-0.25, -0.2) is 0 Å². The summed E-state index contributed by atoms with van der Waals surface area (Å²) in [4.78, 5) is 11.6. The predicted molar refractivity (Wildman–Crippen MR) is 46.0 cm³/mol. The Balaban J connectivity index is 2.81. The molecule has 0 aliphatic carbocycles. The Morgan fingerprint density at radius 3 is 2.00 bits per heavy atom. The van der Waals surface area contributed by atoms with Crippen LogP contribution < -0.4 is 0 Å². The molecular weight excluding hydrogens is 233 g/mol. The fraction of sp³-hybridized carbons (Fsp3) is 0.889. The lowest BCUT2D eigenvalue weighted by Crippen LogP contribution is -2.51. The molecule has 0 unspecified atom stereocenters. The van der Waals surface area contributed by atoms with Gasteiger partial charge in [0.25, 0.3) is 0 Å². The van der Waals surface area contributed by atoms with Crippen LogP contribution in [-0.4, -0.2) is 36.0 Å².